The van der Waals surface area contributed by atoms with Crippen LogP contribution in [0.3, 0.4) is 0 Å². The van der Waals surface area contributed by atoms with Crippen molar-refractivity contribution < 1.29 is 9.84 Å². The maximum atomic E-state index is 9.53. The average Bonchev–Trinajstić information content (AvgIpc) is 2.31. The van der Waals surface area contributed by atoms with Crippen LogP contribution >= 0.6 is 0 Å². The second kappa shape index (κ2) is 8.31. The van der Waals surface area contributed by atoms with E-state index in [1.165, 1.54) is 5.56 Å². The van der Waals surface area contributed by atoms with Crippen LogP contribution in [0.15, 0.2) is 30.3 Å². The molecule has 1 unspecified atom stereocenters. The van der Waals surface area contributed by atoms with Crippen LogP contribution in [0, 0.1) is 0 Å². The minimum atomic E-state index is -0.588. The van der Waals surface area contributed by atoms with E-state index >= 15 is 0 Å². The molecule has 0 spiro atoms. The summed E-state index contributed by atoms with van der Waals surface area (Å²) in [7, 11) is 0. The Morgan fingerprint density at radius 1 is 1.19 bits per heavy atom. The first-order valence-corrected chi connectivity index (χ1v) is 6.16. The lowest BCUT2D eigenvalue weighted by molar-refractivity contribution is -0.104. The zero-order chi connectivity index (χ0) is 11.6. The molecule has 16 heavy (non-hydrogen) atoms. The maximum absolute atomic E-state index is 9.53. The summed E-state index contributed by atoms with van der Waals surface area (Å²) >= 11 is 0. The van der Waals surface area contributed by atoms with Gasteiger partial charge in [-0.2, -0.15) is 0 Å². The summed E-state index contributed by atoms with van der Waals surface area (Å²) in [5.41, 5.74) is 1.32. The van der Waals surface area contributed by atoms with Gasteiger partial charge in [0.15, 0.2) is 6.29 Å². The third kappa shape index (κ3) is 5.89. The van der Waals surface area contributed by atoms with Gasteiger partial charge < -0.3 is 9.84 Å². The third-order valence-corrected chi connectivity index (χ3v) is 2.57. The normalized spacial score (nSPS) is 12.6. The van der Waals surface area contributed by atoms with E-state index in [1.807, 2.05) is 18.2 Å². The quantitative estimate of drug-likeness (QED) is 0.541. The van der Waals surface area contributed by atoms with Crippen molar-refractivity contribution in [1.29, 1.82) is 0 Å². The van der Waals surface area contributed by atoms with Crippen molar-refractivity contribution in [3.8, 4) is 0 Å². The van der Waals surface area contributed by atoms with Crippen LogP contribution in [0.1, 0.15) is 38.2 Å². The van der Waals surface area contributed by atoms with E-state index in [1.54, 1.807) is 0 Å². The van der Waals surface area contributed by atoms with Crippen LogP contribution in [-0.2, 0) is 11.2 Å². The van der Waals surface area contributed by atoms with Crippen LogP contribution in [0.2, 0.25) is 0 Å². The Balaban J connectivity index is 2.06. The molecule has 0 aliphatic heterocycles. The topological polar surface area (TPSA) is 29.5 Å². The molecule has 0 aliphatic rings. The molecule has 90 valence electrons. The van der Waals surface area contributed by atoms with Crippen molar-refractivity contribution in [2.45, 2.75) is 45.3 Å². The molecule has 0 heterocycles. The highest BCUT2D eigenvalue weighted by atomic mass is 16.6. The second-order valence-corrected chi connectivity index (χ2v) is 4.06. The Labute approximate surface area is 98.3 Å². The molecule has 0 bridgehead atoms. The van der Waals surface area contributed by atoms with Gasteiger partial charge in [0.1, 0.15) is 0 Å². The highest BCUT2D eigenvalue weighted by molar-refractivity contribution is 5.14. The Bertz CT molecular complexity index is 259. The lowest BCUT2D eigenvalue weighted by atomic mass is 10.1. The standard InChI is InChI=1S/C14H22O2/c1-2-3-12-16-14(15)11-7-10-13-8-5-4-6-9-13/h4-6,8-9,14-15H,2-3,7,10-12H2,1H3. The monoisotopic (exact) mass is 222 g/mol. The minimum absolute atomic E-state index is 0.588. The molecule has 1 aromatic rings. The van der Waals surface area contributed by atoms with E-state index in [2.05, 4.69) is 19.1 Å². The number of ether oxygens (including phenoxy) is 1. The van der Waals surface area contributed by atoms with Crippen LogP contribution in [-0.4, -0.2) is 18.0 Å². The van der Waals surface area contributed by atoms with E-state index < -0.39 is 6.29 Å². The highest BCUT2D eigenvalue weighted by Crippen LogP contribution is 2.07. The molecule has 1 rings (SSSR count). The van der Waals surface area contributed by atoms with E-state index in [9.17, 15) is 5.11 Å². The van der Waals surface area contributed by atoms with Gasteiger partial charge in [0.05, 0.1) is 0 Å². The Hall–Kier alpha value is -0.860. The molecule has 1 N–H and O–H groups in total. The predicted octanol–water partition coefficient (Wildman–Crippen LogP) is 3.14. The van der Waals surface area contributed by atoms with Crippen LogP contribution < -0.4 is 0 Å². The van der Waals surface area contributed by atoms with Gasteiger partial charge in [-0.05, 0) is 31.2 Å². The lowest BCUT2D eigenvalue weighted by Gasteiger charge is -2.11. The minimum Gasteiger partial charge on any atom is -0.368 e. The van der Waals surface area contributed by atoms with Gasteiger partial charge in [0.25, 0.3) is 0 Å². The molecule has 1 aromatic carbocycles. The molecule has 2 nitrogen and oxygen atoms in total. The SMILES string of the molecule is CCCCOC(O)CCCc1ccccc1. The summed E-state index contributed by atoms with van der Waals surface area (Å²) in [5.74, 6) is 0. The summed E-state index contributed by atoms with van der Waals surface area (Å²) in [6.45, 7) is 2.79. The molecular formula is C14H22O2. The molecule has 0 amide bonds. The van der Waals surface area contributed by atoms with Gasteiger partial charge in [0, 0.05) is 6.61 Å². The average molecular weight is 222 g/mol. The number of unbranched alkanes of at least 4 members (excludes halogenated alkanes) is 1. The number of benzene rings is 1. The first-order chi connectivity index (χ1) is 7.83. The van der Waals surface area contributed by atoms with E-state index in [4.69, 9.17) is 4.74 Å². The fourth-order valence-corrected chi connectivity index (χ4v) is 1.57. The molecule has 1 atom stereocenters. The summed E-state index contributed by atoms with van der Waals surface area (Å²) in [6, 6.07) is 10.3. The van der Waals surface area contributed by atoms with Crippen molar-refractivity contribution in [3.63, 3.8) is 0 Å². The van der Waals surface area contributed by atoms with Gasteiger partial charge in [-0.15, -0.1) is 0 Å². The van der Waals surface area contributed by atoms with E-state index in [0.29, 0.717) is 6.61 Å². The number of rotatable bonds is 8. The molecule has 0 aromatic heterocycles. The van der Waals surface area contributed by atoms with Crippen molar-refractivity contribution >= 4 is 0 Å². The number of hydrogen-bond donors (Lipinski definition) is 1. The van der Waals surface area contributed by atoms with Gasteiger partial charge in [-0.3, -0.25) is 0 Å². The van der Waals surface area contributed by atoms with Gasteiger partial charge in [-0.1, -0.05) is 43.7 Å². The van der Waals surface area contributed by atoms with Crippen LogP contribution in [0.5, 0.6) is 0 Å². The van der Waals surface area contributed by atoms with Crippen molar-refractivity contribution in [2.24, 2.45) is 0 Å². The lowest BCUT2D eigenvalue weighted by Crippen LogP contribution is -2.12. The van der Waals surface area contributed by atoms with Crippen LogP contribution in [0.25, 0.3) is 0 Å². The Kier molecular flexibility index (Phi) is 6.86. The number of aliphatic hydroxyl groups excluding tert-OH is 1. The molecule has 0 saturated heterocycles. The van der Waals surface area contributed by atoms with Gasteiger partial charge >= 0.3 is 0 Å². The highest BCUT2D eigenvalue weighted by Gasteiger charge is 2.03. The summed E-state index contributed by atoms with van der Waals surface area (Å²) in [5, 5.41) is 9.53. The Morgan fingerprint density at radius 2 is 1.94 bits per heavy atom. The van der Waals surface area contributed by atoms with Crippen molar-refractivity contribution in [3.05, 3.63) is 35.9 Å². The largest absolute Gasteiger partial charge is 0.368 e. The second-order valence-electron chi connectivity index (χ2n) is 4.06. The molecule has 0 saturated carbocycles. The van der Waals surface area contributed by atoms with E-state index in [-0.39, 0.29) is 0 Å². The number of hydrogen-bond acceptors (Lipinski definition) is 2. The molecule has 0 radical (unpaired) electrons. The summed E-state index contributed by atoms with van der Waals surface area (Å²) < 4.78 is 5.28. The van der Waals surface area contributed by atoms with Crippen LogP contribution in [0.4, 0.5) is 0 Å². The summed E-state index contributed by atoms with van der Waals surface area (Å²) in [6.07, 6.45) is 4.24. The molecule has 2 heteroatoms. The fourth-order valence-electron chi connectivity index (χ4n) is 1.57. The summed E-state index contributed by atoms with van der Waals surface area (Å²) in [4.78, 5) is 0. The van der Waals surface area contributed by atoms with Crippen molar-refractivity contribution in [1.82, 2.24) is 0 Å². The first kappa shape index (κ1) is 13.2. The van der Waals surface area contributed by atoms with Gasteiger partial charge in [-0.25, -0.2) is 0 Å². The van der Waals surface area contributed by atoms with E-state index in [0.717, 1.165) is 32.1 Å². The molecular weight excluding hydrogens is 200 g/mol. The number of aliphatic hydroxyl groups is 1. The third-order valence-electron chi connectivity index (χ3n) is 2.57. The maximum Gasteiger partial charge on any atom is 0.154 e. The first-order valence-electron chi connectivity index (χ1n) is 6.16. The smallest absolute Gasteiger partial charge is 0.154 e. The fraction of sp³-hybridized carbons (Fsp3) is 0.571. The molecule has 0 fully saturated rings. The Morgan fingerprint density at radius 3 is 2.62 bits per heavy atom. The zero-order valence-electron chi connectivity index (χ0n) is 10.1. The predicted molar refractivity (Wildman–Crippen MR) is 66.2 cm³/mol. The number of aryl methyl sites for hydroxylation is 1. The van der Waals surface area contributed by atoms with Gasteiger partial charge in [0.2, 0.25) is 0 Å². The molecule has 0 aliphatic carbocycles. The van der Waals surface area contributed by atoms with Crippen molar-refractivity contribution in [2.75, 3.05) is 6.61 Å². The zero-order valence-corrected chi connectivity index (χ0v) is 10.1.